The first-order valence-corrected chi connectivity index (χ1v) is 11.8. The minimum absolute atomic E-state index is 0.160. The van der Waals surface area contributed by atoms with Crippen molar-refractivity contribution in [3.05, 3.63) is 41.7 Å². The van der Waals surface area contributed by atoms with Gasteiger partial charge in [-0.25, -0.2) is 4.98 Å². The summed E-state index contributed by atoms with van der Waals surface area (Å²) in [4.78, 5) is 13.9. The number of aryl methyl sites for hydroxylation is 1. The summed E-state index contributed by atoms with van der Waals surface area (Å²) >= 11 is 1.51. The predicted octanol–water partition coefficient (Wildman–Crippen LogP) is 2.97. The fraction of sp³-hybridized carbons (Fsp3) is 0.591. The Morgan fingerprint density at radius 3 is 2.73 bits per heavy atom. The van der Waals surface area contributed by atoms with Gasteiger partial charge in [-0.15, -0.1) is 0 Å². The van der Waals surface area contributed by atoms with E-state index >= 15 is 0 Å². The molecule has 0 amide bonds. The predicted molar refractivity (Wildman–Crippen MR) is 122 cm³/mol. The summed E-state index contributed by atoms with van der Waals surface area (Å²) in [6, 6.07) is 10.6. The second-order valence-electron chi connectivity index (χ2n) is 7.85. The van der Waals surface area contributed by atoms with E-state index in [1.54, 1.807) is 0 Å². The van der Waals surface area contributed by atoms with Crippen LogP contribution in [0.3, 0.4) is 0 Å². The fourth-order valence-electron chi connectivity index (χ4n) is 4.24. The van der Waals surface area contributed by atoms with Crippen molar-refractivity contribution in [2.24, 2.45) is 10.9 Å². The highest BCUT2D eigenvalue weighted by atomic mass is 32.1. The smallest absolute Gasteiger partial charge is 0.205 e. The van der Waals surface area contributed by atoms with Crippen molar-refractivity contribution in [1.82, 2.24) is 19.6 Å². The van der Waals surface area contributed by atoms with E-state index in [0.717, 1.165) is 69.1 Å². The van der Waals surface area contributed by atoms with Crippen molar-refractivity contribution in [3.63, 3.8) is 0 Å². The van der Waals surface area contributed by atoms with Crippen molar-refractivity contribution in [3.8, 4) is 0 Å². The number of guanidine groups is 1. The first-order chi connectivity index (χ1) is 14.8. The summed E-state index contributed by atoms with van der Waals surface area (Å²) in [6.45, 7) is 7.57. The van der Waals surface area contributed by atoms with Crippen LogP contribution >= 0.6 is 11.5 Å². The van der Waals surface area contributed by atoms with Crippen LogP contribution in [0.1, 0.15) is 37.3 Å². The molecule has 162 valence electrons. The van der Waals surface area contributed by atoms with E-state index in [0.29, 0.717) is 5.92 Å². The van der Waals surface area contributed by atoms with Crippen molar-refractivity contribution in [2.45, 2.75) is 32.3 Å². The first-order valence-electron chi connectivity index (χ1n) is 11.0. The maximum absolute atomic E-state index is 6.15. The lowest BCUT2D eigenvalue weighted by Crippen LogP contribution is -2.53. The normalized spacial score (nSPS) is 22.9. The van der Waals surface area contributed by atoms with Crippen LogP contribution in [0.15, 0.2) is 35.3 Å². The SMILES string of the molecule is CCc1nsc(N2CCN(C(=NC)NCC3CCCOC3c3ccccc3)CC2)n1. The lowest BCUT2D eigenvalue weighted by Gasteiger charge is -2.37. The highest BCUT2D eigenvalue weighted by Crippen LogP contribution is 2.33. The van der Waals surface area contributed by atoms with E-state index in [9.17, 15) is 0 Å². The van der Waals surface area contributed by atoms with Gasteiger partial charge in [-0.1, -0.05) is 37.3 Å². The maximum Gasteiger partial charge on any atom is 0.205 e. The van der Waals surface area contributed by atoms with E-state index in [-0.39, 0.29) is 6.10 Å². The average Bonchev–Trinajstić information content (AvgIpc) is 3.30. The number of hydrogen-bond acceptors (Lipinski definition) is 6. The van der Waals surface area contributed by atoms with Gasteiger partial charge in [0.1, 0.15) is 5.82 Å². The molecule has 3 heterocycles. The molecule has 2 aliphatic rings. The van der Waals surface area contributed by atoms with E-state index in [1.165, 1.54) is 23.5 Å². The number of piperazine rings is 1. The minimum atomic E-state index is 0.160. The minimum Gasteiger partial charge on any atom is -0.373 e. The van der Waals surface area contributed by atoms with Crippen LogP contribution in [-0.4, -0.2) is 66.6 Å². The third-order valence-electron chi connectivity index (χ3n) is 5.93. The molecule has 1 aromatic heterocycles. The van der Waals surface area contributed by atoms with Gasteiger partial charge in [0.25, 0.3) is 0 Å². The third kappa shape index (κ3) is 4.92. The zero-order valence-corrected chi connectivity index (χ0v) is 18.8. The Kier molecular flexibility index (Phi) is 7.17. The Balaban J connectivity index is 1.31. The first kappa shape index (κ1) is 21.1. The number of hydrogen-bond donors (Lipinski definition) is 1. The Morgan fingerprint density at radius 1 is 1.23 bits per heavy atom. The monoisotopic (exact) mass is 428 g/mol. The summed E-state index contributed by atoms with van der Waals surface area (Å²) in [6.07, 6.45) is 3.34. The Bertz CT molecular complexity index is 818. The van der Waals surface area contributed by atoms with Crippen LogP contribution in [0.2, 0.25) is 0 Å². The van der Waals surface area contributed by atoms with Gasteiger partial charge >= 0.3 is 0 Å². The summed E-state index contributed by atoms with van der Waals surface area (Å²) in [5.41, 5.74) is 1.27. The Labute approximate surface area is 183 Å². The van der Waals surface area contributed by atoms with Gasteiger partial charge < -0.3 is 19.9 Å². The highest BCUT2D eigenvalue weighted by molar-refractivity contribution is 7.09. The second kappa shape index (κ2) is 10.2. The molecule has 4 rings (SSSR count). The molecule has 2 fully saturated rings. The zero-order chi connectivity index (χ0) is 20.8. The van der Waals surface area contributed by atoms with Crippen LogP contribution in [0, 0.1) is 5.92 Å². The number of ether oxygens (including phenoxy) is 1. The lowest BCUT2D eigenvalue weighted by atomic mass is 9.89. The zero-order valence-electron chi connectivity index (χ0n) is 18.0. The molecule has 0 saturated carbocycles. The molecule has 1 N–H and O–H groups in total. The lowest BCUT2D eigenvalue weighted by molar-refractivity contribution is -0.0266. The van der Waals surface area contributed by atoms with Crippen LogP contribution in [0.25, 0.3) is 0 Å². The van der Waals surface area contributed by atoms with E-state index < -0.39 is 0 Å². The van der Waals surface area contributed by atoms with Crippen molar-refractivity contribution < 1.29 is 4.74 Å². The molecule has 0 spiro atoms. The summed E-state index contributed by atoms with van der Waals surface area (Å²) < 4.78 is 10.6. The van der Waals surface area contributed by atoms with E-state index in [4.69, 9.17) is 4.74 Å². The van der Waals surface area contributed by atoms with Gasteiger partial charge in [0.15, 0.2) is 5.96 Å². The van der Waals surface area contributed by atoms with Crippen LogP contribution < -0.4 is 10.2 Å². The Morgan fingerprint density at radius 2 is 2.03 bits per heavy atom. The third-order valence-corrected chi connectivity index (χ3v) is 6.75. The molecule has 0 radical (unpaired) electrons. The molecule has 2 atom stereocenters. The molecular weight excluding hydrogens is 396 g/mol. The Hall–Kier alpha value is -2.19. The second-order valence-corrected chi connectivity index (χ2v) is 8.58. The van der Waals surface area contributed by atoms with Gasteiger partial charge in [0.05, 0.1) is 6.10 Å². The number of aliphatic imine (C=N–C) groups is 1. The number of anilines is 1. The largest absolute Gasteiger partial charge is 0.373 e. The molecule has 0 aliphatic carbocycles. The van der Waals surface area contributed by atoms with Crippen molar-refractivity contribution in [2.75, 3.05) is 51.3 Å². The van der Waals surface area contributed by atoms with Crippen molar-refractivity contribution >= 4 is 22.6 Å². The van der Waals surface area contributed by atoms with Gasteiger partial charge in [-0.05, 0) is 18.4 Å². The molecule has 2 unspecified atom stereocenters. The molecule has 2 saturated heterocycles. The number of nitrogens with one attached hydrogen (secondary N) is 1. The van der Waals surface area contributed by atoms with Crippen molar-refractivity contribution in [1.29, 1.82) is 0 Å². The number of benzene rings is 1. The molecular formula is C22H32N6OS. The van der Waals surface area contributed by atoms with Gasteiger partial charge in [-0.2, -0.15) is 4.37 Å². The van der Waals surface area contributed by atoms with Gasteiger partial charge in [0, 0.05) is 70.2 Å². The molecule has 1 aromatic carbocycles. The summed E-state index contributed by atoms with van der Waals surface area (Å²) in [5.74, 6) is 2.38. The molecule has 0 bridgehead atoms. The summed E-state index contributed by atoms with van der Waals surface area (Å²) in [5, 5.41) is 4.67. The van der Waals surface area contributed by atoms with Gasteiger partial charge in [0.2, 0.25) is 5.13 Å². The molecule has 7 nitrogen and oxygen atoms in total. The number of aromatic nitrogens is 2. The topological polar surface area (TPSA) is 65.9 Å². The highest BCUT2D eigenvalue weighted by Gasteiger charge is 2.28. The number of nitrogens with zero attached hydrogens (tertiary/aromatic N) is 5. The standard InChI is InChI=1S/C22H32N6OS/c1-3-19-25-22(30-26-19)28-13-11-27(12-14-28)21(23-2)24-16-18-10-7-15-29-20(18)17-8-5-4-6-9-17/h4-6,8-9,18,20H,3,7,10-16H2,1-2H3,(H,23,24). The van der Waals surface area contributed by atoms with E-state index in [1.807, 2.05) is 7.05 Å². The van der Waals surface area contributed by atoms with E-state index in [2.05, 4.69) is 66.7 Å². The molecule has 2 aromatic rings. The molecule has 8 heteroatoms. The molecule has 2 aliphatic heterocycles. The average molecular weight is 429 g/mol. The maximum atomic E-state index is 6.15. The quantitative estimate of drug-likeness (QED) is 0.583. The molecule has 30 heavy (non-hydrogen) atoms. The van der Waals surface area contributed by atoms with Crippen LogP contribution in [0.5, 0.6) is 0 Å². The van der Waals surface area contributed by atoms with Gasteiger partial charge in [-0.3, -0.25) is 4.99 Å². The van der Waals surface area contributed by atoms with Crippen LogP contribution in [-0.2, 0) is 11.2 Å². The van der Waals surface area contributed by atoms with Crippen LogP contribution in [0.4, 0.5) is 5.13 Å². The fourth-order valence-corrected chi connectivity index (χ4v) is 5.05. The summed E-state index contributed by atoms with van der Waals surface area (Å²) in [7, 11) is 1.87. The number of rotatable bonds is 5.